The fourth-order valence-corrected chi connectivity index (χ4v) is 1.09. The van der Waals surface area contributed by atoms with Crippen LogP contribution >= 0.6 is 0 Å². The Labute approximate surface area is 41.4 Å². The summed E-state index contributed by atoms with van der Waals surface area (Å²) in [4.78, 5) is 0. The van der Waals surface area contributed by atoms with E-state index in [-0.39, 0.29) is 21.5 Å². The fourth-order valence-electron chi connectivity index (χ4n) is 0.163. The summed E-state index contributed by atoms with van der Waals surface area (Å²) in [7, 11) is 0. The molecule has 0 aromatic rings. The first-order chi connectivity index (χ1) is 2.50. The molecule has 1 rings (SSSR count). The summed E-state index contributed by atoms with van der Waals surface area (Å²) in [6.45, 7) is 0. The molecule has 0 saturated carbocycles. The van der Waals surface area contributed by atoms with Gasteiger partial charge >= 0.3 is 41.1 Å². The Kier molecular flexibility index (Phi) is 1.03. The van der Waals surface area contributed by atoms with Crippen molar-refractivity contribution in [1.82, 2.24) is 0 Å². The van der Waals surface area contributed by atoms with E-state index in [0.717, 1.165) is 0 Å². The first kappa shape index (κ1) is 3.33. The number of nitrogens with zero attached hydrogens (tertiary/aromatic N) is 1. The quantitative estimate of drug-likeness (QED) is 0.368. The van der Waals surface area contributed by atoms with Crippen LogP contribution in [0.4, 0.5) is 0 Å². The third-order valence-corrected chi connectivity index (χ3v) is 1.71. The Morgan fingerprint density at radius 1 is 1.60 bits per heavy atom. The van der Waals surface area contributed by atoms with E-state index in [4.69, 9.17) is 0 Å². The average Bonchev–Trinajstić information content (AvgIpc) is 1.76. The summed E-state index contributed by atoms with van der Waals surface area (Å²) < 4.78 is 6.08. The van der Waals surface area contributed by atoms with Crippen molar-refractivity contribution >= 4 is 6.21 Å². The molecule has 0 N–H and O–H groups in total. The standard InChI is InChI=1S/C3H3IN/c1-2-4-5-3-1/h1-3H/q-1. The minimum absolute atomic E-state index is 0.131. The molecule has 0 spiro atoms. The number of allylic oxidation sites excluding steroid dienone is 1. The zero-order valence-electron chi connectivity index (χ0n) is 2.56. The van der Waals surface area contributed by atoms with E-state index in [2.05, 4.69) is 7.29 Å². The summed E-state index contributed by atoms with van der Waals surface area (Å²) in [6, 6.07) is 0. The Bertz CT molecular complexity index is 65.0. The number of halogens is 1. The van der Waals surface area contributed by atoms with Crippen LogP contribution in [-0.4, -0.2) is 6.21 Å². The molecule has 0 fully saturated rings. The molecule has 0 aromatic heterocycles. The number of hydrogen-bond acceptors (Lipinski definition) is 1. The van der Waals surface area contributed by atoms with Crippen molar-refractivity contribution in [1.29, 1.82) is 0 Å². The van der Waals surface area contributed by atoms with Crippen molar-refractivity contribution in [3.63, 3.8) is 0 Å². The fraction of sp³-hybridized carbons (Fsp3) is 0. The van der Waals surface area contributed by atoms with Crippen LogP contribution in [0.5, 0.6) is 0 Å². The molecule has 1 aliphatic rings. The van der Waals surface area contributed by atoms with Crippen molar-refractivity contribution in [3.8, 4) is 0 Å². The Hall–Kier alpha value is 0.140. The maximum atomic E-state index is 3.96. The molecule has 0 radical (unpaired) electrons. The molecule has 0 bridgehead atoms. The average molecular weight is 180 g/mol. The van der Waals surface area contributed by atoms with E-state index in [1.807, 2.05) is 12.3 Å². The van der Waals surface area contributed by atoms with Gasteiger partial charge in [0.25, 0.3) is 0 Å². The van der Waals surface area contributed by atoms with Gasteiger partial charge in [-0.15, -0.1) is 0 Å². The summed E-state index contributed by atoms with van der Waals surface area (Å²) >= 11 is 0.131. The third kappa shape index (κ3) is 0.718. The van der Waals surface area contributed by atoms with Crippen molar-refractivity contribution < 1.29 is 21.5 Å². The molecule has 0 amide bonds. The first-order valence-corrected chi connectivity index (χ1v) is 3.52. The summed E-state index contributed by atoms with van der Waals surface area (Å²) in [5.74, 6) is 0. The normalized spacial score (nSPS) is 19.2. The molecule has 0 aliphatic carbocycles. The van der Waals surface area contributed by atoms with Crippen LogP contribution < -0.4 is 21.5 Å². The SMILES string of the molecule is C1=C[I-]N=C1. The van der Waals surface area contributed by atoms with Gasteiger partial charge in [-0.1, -0.05) is 0 Å². The molecule has 0 aromatic carbocycles. The second-order valence-electron chi connectivity index (χ2n) is 0.663. The van der Waals surface area contributed by atoms with E-state index in [9.17, 15) is 0 Å². The molecule has 0 unspecified atom stereocenters. The second-order valence-corrected chi connectivity index (χ2v) is 2.50. The molecular formula is C3H3IN-. The van der Waals surface area contributed by atoms with Crippen molar-refractivity contribution in [2.45, 2.75) is 0 Å². The van der Waals surface area contributed by atoms with Gasteiger partial charge in [-0.05, 0) is 0 Å². The van der Waals surface area contributed by atoms with Gasteiger partial charge < -0.3 is 0 Å². The van der Waals surface area contributed by atoms with Gasteiger partial charge in [-0.2, -0.15) is 0 Å². The van der Waals surface area contributed by atoms with E-state index < -0.39 is 0 Å². The van der Waals surface area contributed by atoms with Crippen molar-refractivity contribution in [2.75, 3.05) is 0 Å². The summed E-state index contributed by atoms with van der Waals surface area (Å²) in [6.07, 6.45) is 3.85. The van der Waals surface area contributed by atoms with Crippen molar-refractivity contribution in [3.05, 3.63) is 10.2 Å². The van der Waals surface area contributed by atoms with Crippen LogP contribution in [0.1, 0.15) is 0 Å². The van der Waals surface area contributed by atoms with Crippen LogP contribution in [0.15, 0.2) is 13.4 Å². The van der Waals surface area contributed by atoms with Crippen LogP contribution in [0, 0.1) is 0 Å². The Morgan fingerprint density at radius 3 is 2.80 bits per heavy atom. The van der Waals surface area contributed by atoms with Crippen LogP contribution in [0.25, 0.3) is 0 Å². The predicted molar refractivity (Wildman–Crippen MR) is 17.6 cm³/mol. The molecule has 0 atom stereocenters. The maximum absolute atomic E-state index is 3.96. The molecule has 5 heavy (non-hydrogen) atoms. The number of hydrogen-bond donors (Lipinski definition) is 0. The molecule has 28 valence electrons. The van der Waals surface area contributed by atoms with Gasteiger partial charge in [0, 0.05) is 0 Å². The summed E-state index contributed by atoms with van der Waals surface area (Å²) in [5, 5.41) is 0. The van der Waals surface area contributed by atoms with E-state index in [1.165, 1.54) is 0 Å². The predicted octanol–water partition coefficient (Wildman–Crippen LogP) is -2.41. The van der Waals surface area contributed by atoms with Crippen LogP contribution in [0.2, 0.25) is 0 Å². The van der Waals surface area contributed by atoms with Gasteiger partial charge in [0.2, 0.25) is 0 Å². The van der Waals surface area contributed by atoms with Gasteiger partial charge in [0.05, 0.1) is 0 Å². The minimum atomic E-state index is 0.131. The Balaban J connectivity index is 2.61. The van der Waals surface area contributed by atoms with Gasteiger partial charge in [0.1, 0.15) is 0 Å². The van der Waals surface area contributed by atoms with E-state index in [1.54, 1.807) is 0 Å². The van der Waals surface area contributed by atoms with Crippen LogP contribution in [-0.2, 0) is 0 Å². The van der Waals surface area contributed by atoms with Gasteiger partial charge in [-0.3, -0.25) is 0 Å². The molecule has 1 nitrogen and oxygen atoms in total. The third-order valence-electron chi connectivity index (χ3n) is 0.328. The summed E-state index contributed by atoms with van der Waals surface area (Å²) in [5.41, 5.74) is 0. The van der Waals surface area contributed by atoms with Gasteiger partial charge in [0.15, 0.2) is 0 Å². The van der Waals surface area contributed by atoms with Gasteiger partial charge in [-0.25, -0.2) is 0 Å². The second kappa shape index (κ2) is 1.55. The number of rotatable bonds is 0. The topological polar surface area (TPSA) is 12.4 Å². The monoisotopic (exact) mass is 180 g/mol. The molecule has 1 heterocycles. The zero-order valence-corrected chi connectivity index (χ0v) is 4.71. The molecule has 2 heteroatoms. The zero-order chi connectivity index (χ0) is 3.54. The van der Waals surface area contributed by atoms with E-state index in [0.29, 0.717) is 0 Å². The Morgan fingerprint density at radius 2 is 2.60 bits per heavy atom. The van der Waals surface area contributed by atoms with Crippen LogP contribution in [0.3, 0.4) is 0 Å². The molecule has 0 saturated heterocycles. The van der Waals surface area contributed by atoms with Crippen molar-refractivity contribution in [2.24, 2.45) is 3.21 Å². The van der Waals surface area contributed by atoms with E-state index >= 15 is 0 Å². The first-order valence-electron chi connectivity index (χ1n) is 1.31. The molecular weight excluding hydrogens is 177 g/mol. The molecule has 1 aliphatic heterocycles.